The topological polar surface area (TPSA) is 12.0 Å². The molecule has 1 atom stereocenters. The fraction of sp³-hybridized carbons (Fsp3) is 0.571. The molecule has 0 amide bonds. The molecule has 1 fully saturated rings. The normalized spacial score (nSPS) is 17.8. The summed E-state index contributed by atoms with van der Waals surface area (Å²) >= 11 is 3.24. The molecule has 0 aromatic heterocycles. The Morgan fingerprint density at radius 3 is 2.76 bits per heavy atom. The maximum absolute atomic E-state index is 13.1. The highest BCUT2D eigenvalue weighted by molar-refractivity contribution is 9.10. The van der Waals surface area contributed by atoms with E-state index in [9.17, 15) is 4.39 Å². The summed E-state index contributed by atoms with van der Waals surface area (Å²) in [6.07, 6.45) is 6.37. The summed E-state index contributed by atoms with van der Waals surface area (Å²) in [6.45, 7) is 0. The van der Waals surface area contributed by atoms with Crippen LogP contribution >= 0.6 is 15.9 Å². The average molecular weight is 300 g/mol. The number of nitrogens with one attached hydrogen (secondary N) is 1. The predicted molar refractivity (Wildman–Crippen MR) is 72.6 cm³/mol. The number of hydrogen-bond acceptors (Lipinski definition) is 1. The highest BCUT2D eigenvalue weighted by Crippen LogP contribution is 2.31. The zero-order valence-corrected chi connectivity index (χ0v) is 11.8. The third-order valence-electron chi connectivity index (χ3n) is 3.72. The van der Waals surface area contributed by atoms with Crippen molar-refractivity contribution in [3.05, 3.63) is 34.1 Å². The van der Waals surface area contributed by atoms with Crippen molar-refractivity contribution in [2.75, 3.05) is 7.05 Å². The molecule has 94 valence electrons. The summed E-state index contributed by atoms with van der Waals surface area (Å²) in [5, 5.41) is 3.37. The molecule has 1 nitrogen and oxygen atoms in total. The summed E-state index contributed by atoms with van der Waals surface area (Å²) < 4.78 is 13.7. The van der Waals surface area contributed by atoms with Crippen LogP contribution in [0.15, 0.2) is 22.7 Å². The minimum Gasteiger partial charge on any atom is -0.317 e. The molecule has 3 heteroatoms. The van der Waals surface area contributed by atoms with Crippen molar-refractivity contribution in [2.24, 2.45) is 5.92 Å². The Balaban J connectivity index is 1.94. The van der Waals surface area contributed by atoms with Crippen molar-refractivity contribution in [3.63, 3.8) is 0 Å². The minimum atomic E-state index is -0.186. The second-order valence-corrected chi connectivity index (χ2v) is 5.83. The standard InChI is InChI=1S/C14H19BrFN/c1-17-12(7-10-3-2-4-10)8-11-5-6-14(16)13(15)9-11/h5-6,9-10,12,17H,2-4,7-8H2,1H3. The van der Waals surface area contributed by atoms with Crippen LogP contribution in [0.25, 0.3) is 0 Å². The van der Waals surface area contributed by atoms with Gasteiger partial charge in [0, 0.05) is 6.04 Å². The third-order valence-corrected chi connectivity index (χ3v) is 4.32. The highest BCUT2D eigenvalue weighted by atomic mass is 79.9. The van der Waals surface area contributed by atoms with Crippen LogP contribution in [0.5, 0.6) is 0 Å². The summed E-state index contributed by atoms with van der Waals surface area (Å²) in [7, 11) is 2.02. The lowest BCUT2D eigenvalue weighted by atomic mass is 9.80. The van der Waals surface area contributed by atoms with Crippen LogP contribution in [-0.4, -0.2) is 13.1 Å². The van der Waals surface area contributed by atoms with E-state index in [4.69, 9.17) is 0 Å². The van der Waals surface area contributed by atoms with E-state index in [-0.39, 0.29) is 5.82 Å². The average Bonchev–Trinajstić information content (AvgIpc) is 2.26. The molecule has 1 aliphatic rings. The van der Waals surface area contributed by atoms with E-state index in [0.29, 0.717) is 10.5 Å². The zero-order chi connectivity index (χ0) is 12.3. The quantitative estimate of drug-likeness (QED) is 0.869. The third kappa shape index (κ3) is 3.52. The molecule has 1 unspecified atom stereocenters. The Bertz CT molecular complexity index is 376. The van der Waals surface area contributed by atoms with Crippen LogP contribution in [0.4, 0.5) is 4.39 Å². The fourth-order valence-corrected chi connectivity index (χ4v) is 2.81. The van der Waals surface area contributed by atoms with Gasteiger partial charge in [-0.3, -0.25) is 0 Å². The first-order valence-electron chi connectivity index (χ1n) is 6.30. The van der Waals surface area contributed by atoms with E-state index in [1.165, 1.54) is 37.3 Å². The lowest BCUT2D eigenvalue weighted by Crippen LogP contribution is -2.31. The van der Waals surface area contributed by atoms with Gasteiger partial charge in [-0.25, -0.2) is 4.39 Å². The lowest BCUT2D eigenvalue weighted by molar-refractivity contribution is 0.263. The van der Waals surface area contributed by atoms with Crippen molar-refractivity contribution >= 4 is 15.9 Å². The first-order chi connectivity index (χ1) is 8.19. The predicted octanol–water partition coefficient (Wildman–Crippen LogP) is 3.91. The van der Waals surface area contributed by atoms with Crippen molar-refractivity contribution < 1.29 is 4.39 Å². The molecule has 1 saturated carbocycles. The molecule has 0 spiro atoms. The van der Waals surface area contributed by atoms with Crippen LogP contribution in [0.3, 0.4) is 0 Å². The van der Waals surface area contributed by atoms with Crippen LogP contribution in [-0.2, 0) is 6.42 Å². The van der Waals surface area contributed by atoms with Gasteiger partial charge in [0.15, 0.2) is 0 Å². The second kappa shape index (κ2) is 5.96. The van der Waals surface area contributed by atoms with Gasteiger partial charge in [-0.05, 0) is 59.4 Å². The van der Waals surface area contributed by atoms with Crippen LogP contribution in [0.2, 0.25) is 0 Å². The minimum absolute atomic E-state index is 0.186. The number of hydrogen-bond donors (Lipinski definition) is 1. The highest BCUT2D eigenvalue weighted by Gasteiger charge is 2.21. The van der Waals surface area contributed by atoms with Crippen molar-refractivity contribution in [1.29, 1.82) is 0 Å². The van der Waals surface area contributed by atoms with Crippen LogP contribution < -0.4 is 5.32 Å². The van der Waals surface area contributed by atoms with Crippen LogP contribution in [0, 0.1) is 11.7 Å². The molecule has 17 heavy (non-hydrogen) atoms. The molecule has 0 aliphatic heterocycles. The Morgan fingerprint density at radius 1 is 1.47 bits per heavy atom. The molecule has 0 heterocycles. The summed E-state index contributed by atoms with van der Waals surface area (Å²) in [5.41, 5.74) is 1.19. The Labute approximate surface area is 111 Å². The Kier molecular flexibility index (Phi) is 4.57. The van der Waals surface area contributed by atoms with E-state index in [0.717, 1.165) is 12.3 Å². The van der Waals surface area contributed by atoms with E-state index in [1.54, 1.807) is 0 Å². The summed E-state index contributed by atoms with van der Waals surface area (Å²) in [5.74, 6) is 0.713. The van der Waals surface area contributed by atoms with Gasteiger partial charge in [-0.2, -0.15) is 0 Å². The maximum Gasteiger partial charge on any atom is 0.137 e. The summed E-state index contributed by atoms with van der Waals surface area (Å²) in [6, 6.07) is 5.82. The van der Waals surface area contributed by atoms with Gasteiger partial charge in [0.1, 0.15) is 5.82 Å². The van der Waals surface area contributed by atoms with Gasteiger partial charge in [-0.1, -0.05) is 25.3 Å². The smallest absolute Gasteiger partial charge is 0.137 e. The Morgan fingerprint density at radius 2 is 2.24 bits per heavy atom. The molecule has 0 saturated heterocycles. The molecule has 1 aliphatic carbocycles. The molecular weight excluding hydrogens is 281 g/mol. The van der Waals surface area contributed by atoms with E-state index in [1.807, 2.05) is 19.2 Å². The van der Waals surface area contributed by atoms with Crippen molar-refractivity contribution in [3.8, 4) is 0 Å². The van der Waals surface area contributed by atoms with Crippen molar-refractivity contribution in [1.82, 2.24) is 5.32 Å². The monoisotopic (exact) mass is 299 g/mol. The number of likely N-dealkylation sites (N-methyl/N-ethyl adjacent to an activating group) is 1. The van der Waals surface area contributed by atoms with E-state index in [2.05, 4.69) is 21.2 Å². The Hall–Kier alpha value is -0.410. The van der Waals surface area contributed by atoms with Gasteiger partial charge >= 0.3 is 0 Å². The van der Waals surface area contributed by atoms with E-state index >= 15 is 0 Å². The number of benzene rings is 1. The number of halogens is 2. The fourth-order valence-electron chi connectivity index (χ4n) is 2.39. The van der Waals surface area contributed by atoms with Gasteiger partial charge in [0.25, 0.3) is 0 Å². The molecule has 0 radical (unpaired) electrons. The molecular formula is C14H19BrFN. The van der Waals surface area contributed by atoms with Gasteiger partial charge in [-0.15, -0.1) is 0 Å². The van der Waals surface area contributed by atoms with Gasteiger partial charge in [0.2, 0.25) is 0 Å². The molecule has 0 bridgehead atoms. The first kappa shape index (κ1) is 13.0. The van der Waals surface area contributed by atoms with Gasteiger partial charge < -0.3 is 5.32 Å². The molecule has 2 rings (SSSR count). The molecule has 1 aromatic rings. The largest absolute Gasteiger partial charge is 0.317 e. The summed E-state index contributed by atoms with van der Waals surface area (Å²) in [4.78, 5) is 0. The maximum atomic E-state index is 13.1. The van der Waals surface area contributed by atoms with Gasteiger partial charge in [0.05, 0.1) is 4.47 Å². The zero-order valence-electron chi connectivity index (χ0n) is 10.2. The van der Waals surface area contributed by atoms with Crippen molar-refractivity contribution in [2.45, 2.75) is 38.1 Å². The lowest BCUT2D eigenvalue weighted by Gasteiger charge is -2.29. The molecule has 1 N–H and O–H groups in total. The first-order valence-corrected chi connectivity index (χ1v) is 7.09. The number of rotatable bonds is 5. The van der Waals surface area contributed by atoms with E-state index < -0.39 is 0 Å². The van der Waals surface area contributed by atoms with Crippen LogP contribution in [0.1, 0.15) is 31.2 Å². The SMILES string of the molecule is CNC(Cc1ccc(F)c(Br)c1)CC1CCC1. The molecule has 1 aromatic carbocycles. The second-order valence-electron chi connectivity index (χ2n) is 4.97.